The Morgan fingerprint density at radius 1 is 0.815 bits per heavy atom. The molecule has 0 radical (unpaired) electrons. The number of carbonyl (C=O) groups is 3. The molecule has 162 valence electrons. The molecule has 10 heteroatoms. The number of rotatable bonds is 10. The first-order valence-corrected chi connectivity index (χ1v) is 8.98. The van der Waals surface area contributed by atoms with Crippen molar-refractivity contribution in [3.8, 4) is 0 Å². The molecule has 27 heavy (non-hydrogen) atoms. The third kappa shape index (κ3) is 18.8. The number of hydrogen-bond donors (Lipinski definition) is 7. The van der Waals surface area contributed by atoms with Crippen molar-refractivity contribution in [2.75, 3.05) is 6.54 Å². The maximum atomic E-state index is 10.2. The molecule has 0 aromatic carbocycles. The van der Waals surface area contributed by atoms with Gasteiger partial charge in [-0.3, -0.25) is 14.4 Å². The SMILES string of the molecule is CC(C)C(N)C(=O)O.CCC(C)C(N)C(=O)O.NCCCCC(N)C(=O)O. The van der Waals surface area contributed by atoms with Gasteiger partial charge in [0.1, 0.15) is 18.1 Å². The summed E-state index contributed by atoms with van der Waals surface area (Å²) < 4.78 is 0. The van der Waals surface area contributed by atoms with E-state index in [9.17, 15) is 14.4 Å². The van der Waals surface area contributed by atoms with Gasteiger partial charge in [0, 0.05) is 0 Å². The molecule has 0 fully saturated rings. The quantitative estimate of drug-likeness (QED) is 0.246. The maximum absolute atomic E-state index is 10.2. The van der Waals surface area contributed by atoms with Gasteiger partial charge in [0.25, 0.3) is 0 Å². The molecule has 4 atom stereocenters. The van der Waals surface area contributed by atoms with Crippen LogP contribution >= 0.6 is 0 Å². The lowest BCUT2D eigenvalue weighted by Crippen LogP contribution is -2.36. The second kappa shape index (κ2) is 17.7. The van der Waals surface area contributed by atoms with E-state index in [-0.39, 0.29) is 11.8 Å². The summed E-state index contributed by atoms with van der Waals surface area (Å²) in [6.45, 7) is 7.91. The van der Waals surface area contributed by atoms with Crippen molar-refractivity contribution in [1.29, 1.82) is 0 Å². The van der Waals surface area contributed by atoms with Crippen molar-refractivity contribution in [2.24, 2.45) is 34.8 Å². The Morgan fingerprint density at radius 2 is 1.26 bits per heavy atom. The molecule has 0 saturated carbocycles. The van der Waals surface area contributed by atoms with Crippen LogP contribution in [-0.2, 0) is 14.4 Å². The lowest BCUT2D eigenvalue weighted by atomic mass is 10.0. The minimum atomic E-state index is -0.933. The van der Waals surface area contributed by atoms with Crippen molar-refractivity contribution < 1.29 is 29.7 Å². The van der Waals surface area contributed by atoms with Gasteiger partial charge in [0.2, 0.25) is 0 Å². The van der Waals surface area contributed by atoms with Crippen LogP contribution in [0.25, 0.3) is 0 Å². The highest BCUT2D eigenvalue weighted by Gasteiger charge is 2.17. The first kappa shape index (κ1) is 30.0. The Morgan fingerprint density at radius 3 is 1.44 bits per heavy atom. The van der Waals surface area contributed by atoms with Gasteiger partial charge >= 0.3 is 17.9 Å². The lowest BCUT2D eigenvalue weighted by Gasteiger charge is -2.11. The molecular formula is C17H38N4O6. The number of aliphatic carboxylic acids is 3. The van der Waals surface area contributed by atoms with E-state index in [4.69, 9.17) is 38.3 Å². The minimum absolute atomic E-state index is 0.0208. The highest BCUT2D eigenvalue weighted by molar-refractivity contribution is 5.73. The standard InChI is InChI=1S/C6H14N2O2.C6H13NO2.C5H11NO2/c7-4-2-1-3-5(8)6(9)10;1-3-4(2)5(7)6(8)9;1-3(2)4(6)5(7)8/h5H,1-4,7-8H2,(H,9,10);4-5H,3,7H2,1-2H3,(H,8,9);3-4H,6H2,1-2H3,(H,7,8). The third-order valence-electron chi connectivity index (χ3n) is 3.83. The Hall–Kier alpha value is -1.75. The van der Waals surface area contributed by atoms with Gasteiger partial charge in [0.15, 0.2) is 0 Å². The number of carboxylic acids is 3. The second-order valence-corrected chi connectivity index (χ2v) is 6.59. The largest absolute Gasteiger partial charge is 0.480 e. The monoisotopic (exact) mass is 394 g/mol. The van der Waals surface area contributed by atoms with Gasteiger partial charge in [0.05, 0.1) is 0 Å². The van der Waals surface area contributed by atoms with E-state index in [1.807, 2.05) is 13.8 Å². The summed E-state index contributed by atoms with van der Waals surface area (Å²) in [6, 6.07) is -2.13. The van der Waals surface area contributed by atoms with E-state index in [1.54, 1.807) is 13.8 Å². The lowest BCUT2D eigenvalue weighted by molar-refractivity contribution is -0.140. The van der Waals surface area contributed by atoms with Crippen LogP contribution in [0.3, 0.4) is 0 Å². The van der Waals surface area contributed by atoms with Gasteiger partial charge in [-0.25, -0.2) is 0 Å². The van der Waals surface area contributed by atoms with Crippen LogP contribution in [0.15, 0.2) is 0 Å². The Bertz CT molecular complexity index is 420. The van der Waals surface area contributed by atoms with Gasteiger partial charge in [-0.15, -0.1) is 0 Å². The number of nitrogens with two attached hydrogens (primary N) is 4. The Labute approximate surface area is 161 Å². The summed E-state index contributed by atoms with van der Waals surface area (Å²) in [6.07, 6.45) is 2.98. The van der Waals surface area contributed by atoms with E-state index >= 15 is 0 Å². The van der Waals surface area contributed by atoms with E-state index in [1.165, 1.54) is 0 Å². The van der Waals surface area contributed by atoms with E-state index in [0.29, 0.717) is 13.0 Å². The summed E-state index contributed by atoms with van der Waals surface area (Å²) in [5.41, 5.74) is 20.9. The van der Waals surface area contributed by atoms with Gasteiger partial charge in [-0.1, -0.05) is 40.5 Å². The zero-order chi connectivity index (χ0) is 22.2. The van der Waals surface area contributed by atoms with Crippen molar-refractivity contribution in [2.45, 2.75) is 71.5 Å². The molecule has 0 aliphatic rings. The number of carboxylic acid groups (broad SMARTS) is 3. The molecule has 0 heterocycles. The van der Waals surface area contributed by atoms with Crippen LogP contribution in [0.5, 0.6) is 0 Å². The highest BCUT2D eigenvalue weighted by atomic mass is 16.4. The molecule has 0 aromatic heterocycles. The first-order chi connectivity index (χ1) is 12.3. The molecule has 0 bridgehead atoms. The molecule has 10 nitrogen and oxygen atoms in total. The van der Waals surface area contributed by atoms with Gasteiger partial charge in [-0.2, -0.15) is 0 Å². The molecule has 0 aromatic rings. The average molecular weight is 395 g/mol. The average Bonchev–Trinajstić information content (AvgIpc) is 2.60. The fourth-order valence-electron chi connectivity index (χ4n) is 1.41. The first-order valence-electron chi connectivity index (χ1n) is 8.98. The molecule has 0 rings (SSSR count). The van der Waals surface area contributed by atoms with Crippen molar-refractivity contribution in [3.05, 3.63) is 0 Å². The normalized spacial score (nSPS) is 14.6. The molecule has 0 amide bonds. The van der Waals surface area contributed by atoms with Crippen molar-refractivity contribution >= 4 is 17.9 Å². The van der Waals surface area contributed by atoms with Crippen LogP contribution in [-0.4, -0.2) is 57.9 Å². The van der Waals surface area contributed by atoms with Crippen LogP contribution in [0, 0.1) is 11.8 Å². The summed E-state index contributed by atoms with van der Waals surface area (Å²) in [4.78, 5) is 30.3. The molecule has 11 N–H and O–H groups in total. The topological polar surface area (TPSA) is 216 Å². The summed E-state index contributed by atoms with van der Waals surface area (Å²) in [7, 11) is 0. The van der Waals surface area contributed by atoms with E-state index < -0.39 is 36.0 Å². The molecular weight excluding hydrogens is 356 g/mol. The van der Waals surface area contributed by atoms with Crippen LogP contribution < -0.4 is 22.9 Å². The predicted octanol–water partition coefficient (Wildman–Crippen LogP) is 0.0260. The zero-order valence-electron chi connectivity index (χ0n) is 16.8. The molecule has 0 spiro atoms. The smallest absolute Gasteiger partial charge is 0.320 e. The maximum Gasteiger partial charge on any atom is 0.320 e. The fraction of sp³-hybridized carbons (Fsp3) is 0.824. The zero-order valence-corrected chi connectivity index (χ0v) is 16.8. The fourth-order valence-corrected chi connectivity index (χ4v) is 1.41. The predicted molar refractivity (Wildman–Crippen MR) is 104 cm³/mol. The van der Waals surface area contributed by atoms with Crippen LogP contribution in [0.4, 0.5) is 0 Å². The third-order valence-corrected chi connectivity index (χ3v) is 3.83. The molecule has 0 saturated heterocycles. The number of hydrogen-bond acceptors (Lipinski definition) is 7. The minimum Gasteiger partial charge on any atom is -0.480 e. The highest BCUT2D eigenvalue weighted by Crippen LogP contribution is 2.04. The summed E-state index contributed by atoms with van der Waals surface area (Å²) in [5, 5.41) is 24.9. The van der Waals surface area contributed by atoms with E-state index in [2.05, 4.69) is 0 Å². The number of unbranched alkanes of at least 4 members (excludes halogenated alkanes) is 1. The summed E-state index contributed by atoms with van der Waals surface area (Å²) >= 11 is 0. The Kier molecular flexibility index (Phi) is 19.6. The van der Waals surface area contributed by atoms with Gasteiger partial charge < -0.3 is 38.3 Å². The molecule has 0 aliphatic heterocycles. The second-order valence-electron chi connectivity index (χ2n) is 6.59. The Balaban J connectivity index is -0.000000322. The summed E-state index contributed by atoms with van der Waals surface area (Å²) in [5.74, 6) is -2.68. The van der Waals surface area contributed by atoms with E-state index in [0.717, 1.165) is 19.3 Å². The van der Waals surface area contributed by atoms with Crippen LogP contribution in [0.2, 0.25) is 0 Å². The van der Waals surface area contributed by atoms with Crippen molar-refractivity contribution in [3.63, 3.8) is 0 Å². The van der Waals surface area contributed by atoms with Crippen LogP contribution in [0.1, 0.15) is 53.4 Å². The molecule has 0 aliphatic carbocycles. The van der Waals surface area contributed by atoms with Crippen molar-refractivity contribution in [1.82, 2.24) is 0 Å². The van der Waals surface area contributed by atoms with Gasteiger partial charge in [-0.05, 0) is 31.2 Å². The molecule has 4 unspecified atom stereocenters.